The second-order valence-electron chi connectivity index (χ2n) is 6.83. The number of hydrogen-bond donors (Lipinski definition) is 2. The number of amides is 4. The van der Waals surface area contributed by atoms with Crippen molar-refractivity contribution in [1.82, 2.24) is 10.2 Å². The highest BCUT2D eigenvalue weighted by molar-refractivity contribution is 6.16. The largest absolute Gasteiger partial charge is 0.497 e. The molecule has 0 spiro atoms. The third kappa shape index (κ3) is 4.29. The molecule has 2 aliphatic rings. The summed E-state index contributed by atoms with van der Waals surface area (Å²) >= 11 is 0. The van der Waals surface area contributed by atoms with Gasteiger partial charge in [0.15, 0.2) is 11.5 Å². The van der Waals surface area contributed by atoms with E-state index in [0.717, 1.165) is 4.90 Å². The first kappa shape index (κ1) is 21.0. The Morgan fingerprint density at radius 3 is 2.59 bits per heavy atom. The van der Waals surface area contributed by atoms with Crippen LogP contribution in [-0.4, -0.2) is 49.8 Å². The molecule has 1 fully saturated rings. The summed E-state index contributed by atoms with van der Waals surface area (Å²) in [5.74, 6) is 1.02. The highest BCUT2D eigenvalue weighted by Crippen LogP contribution is 2.39. The van der Waals surface area contributed by atoms with Crippen LogP contribution < -0.4 is 29.6 Å². The SMILES string of the molecule is CCOc1cc2c(cc1/C=C1/NC(=O)N(CC(=O)Nc3ccc(OC)cc3)C1=O)OCO2. The van der Waals surface area contributed by atoms with Crippen molar-refractivity contribution in [3.8, 4) is 23.0 Å². The van der Waals surface area contributed by atoms with Gasteiger partial charge in [-0.05, 0) is 43.3 Å². The van der Waals surface area contributed by atoms with Crippen LogP contribution in [0.15, 0.2) is 42.1 Å². The molecule has 10 nitrogen and oxygen atoms in total. The van der Waals surface area contributed by atoms with Crippen molar-refractivity contribution in [2.45, 2.75) is 6.92 Å². The van der Waals surface area contributed by atoms with E-state index in [1.807, 2.05) is 6.92 Å². The molecule has 32 heavy (non-hydrogen) atoms. The molecule has 0 bridgehead atoms. The summed E-state index contributed by atoms with van der Waals surface area (Å²) in [4.78, 5) is 38.3. The van der Waals surface area contributed by atoms with Gasteiger partial charge in [-0.2, -0.15) is 0 Å². The average molecular weight is 439 g/mol. The number of carbonyl (C=O) groups is 3. The fourth-order valence-electron chi connectivity index (χ4n) is 3.22. The predicted octanol–water partition coefficient (Wildman–Crippen LogP) is 2.35. The minimum atomic E-state index is -0.690. The van der Waals surface area contributed by atoms with Gasteiger partial charge in [-0.1, -0.05) is 0 Å². The van der Waals surface area contributed by atoms with E-state index in [0.29, 0.717) is 40.9 Å². The van der Waals surface area contributed by atoms with Crippen LogP contribution in [-0.2, 0) is 9.59 Å². The molecule has 0 aromatic heterocycles. The highest BCUT2D eigenvalue weighted by Gasteiger charge is 2.35. The van der Waals surface area contributed by atoms with Gasteiger partial charge in [0, 0.05) is 17.3 Å². The Bertz CT molecular complexity index is 1100. The molecule has 2 aromatic carbocycles. The maximum Gasteiger partial charge on any atom is 0.329 e. The monoisotopic (exact) mass is 439 g/mol. The summed E-state index contributed by atoms with van der Waals surface area (Å²) in [7, 11) is 1.54. The van der Waals surface area contributed by atoms with Crippen LogP contribution in [0.25, 0.3) is 6.08 Å². The molecular formula is C22H21N3O7. The molecule has 2 N–H and O–H groups in total. The standard InChI is InChI=1S/C22H21N3O7/c1-3-30-17-10-19-18(31-12-32-19)9-13(17)8-16-21(27)25(22(28)24-16)11-20(26)23-14-4-6-15(29-2)7-5-14/h4-10H,3,11-12H2,1-2H3,(H,23,26)(H,24,28)/b16-8+. The first-order valence-corrected chi connectivity index (χ1v) is 9.83. The molecule has 1 saturated heterocycles. The van der Waals surface area contributed by atoms with Gasteiger partial charge >= 0.3 is 6.03 Å². The first-order chi connectivity index (χ1) is 15.5. The van der Waals surface area contributed by atoms with Gasteiger partial charge in [-0.15, -0.1) is 0 Å². The van der Waals surface area contributed by atoms with Gasteiger partial charge < -0.3 is 29.6 Å². The van der Waals surface area contributed by atoms with Crippen LogP contribution in [0.3, 0.4) is 0 Å². The number of benzene rings is 2. The molecule has 2 aliphatic heterocycles. The summed E-state index contributed by atoms with van der Waals surface area (Å²) in [5, 5.41) is 5.14. The van der Waals surface area contributed by atoms with Crippen LogP contribution in [0.1, 0.15) is 12.5 Å². The number of rotatable bonds is 7. The second kappa shape index (κ2) is 8.88. The van der Waals surface area contributed by atoms with Crippen molar-refractivity contribution in [1.29, 1.82) is 0 Å². The number of anilines is 1. The van der Waals surface area contributed by atoms with E-state index in [2.05, 4.69) is 10.6 Å². The maximum absolute atomic E-state index is 12.8. The third-order valence-electron chi connectivity index (χ3n) is 4.74. The lowest BCUT2D eigenvalue weighted by atomic mass is 10.1. The number of nitrogens with one attached hydrogen (secondary N) is 2. The molecule has 0 aliphatic carbocycles. The Labute approximate surface area is 183 Å². The first-order valence-electron chi connectivity index (χ1n) is 9.83. The van der Waals surface area contributed by atoms with E-state index in [9.17, 15) is 14.4 Å². The smallest absolute Gasteiger partial charge is 0.329 e. The van der Waals surface area contributed by atoms with Gasteiger partial charge in [0.05, 0.1) is 13.7 Å². The average Bonchev–Trinajstić information content (AvgIpc) is 3.34. The molecule has 0 unspecified atom stereocenters. The molecule has 0 radical (unpaired) electrons. The highest BCUT2D eigenvalue weighted by atomic mass is 16.7. The van der Waals surface area contributed by atoms with Gasteiger partial charge in [0.2, 0.25) is 12.7 Å². The predicted molar refractivity (Wildman–Crippen MR) is 114 cm³/mol. The number of ether oxygens (including phenoxy) is 4. The van der Waals surface area contributed by atoms with Gasteiger partial charge in [-0.3, -0.25) is 9.59 Å². The number of fused-ring (bicyclic) bond motifs is 1. The minimum absolute atomic E-state index is 0.0204. The normalized spacial score (nSPS) is 15.7. The summed E-state index contributed by atoms with van der Waals surface area (Å²) in [6.07, 6.45) is 1.48. The van der Waals surface area contributed by atoms with E-state index in [1.54, 1.807) is 36.4 Å². The van der Waals surface area contributed by atoms with Crippen molar-refractivity contribution < 1.29 is 33.3 Å². The quantitative estimate of drug-likeness (QED) is 0.503. The summed E-state index contributed by atoms with van der Waals surface area (Å²) < 4.78 is 21.4. The Balaban J connectivity index is 1.49. The van der Waals surface area contributed by atoms with Gasteiger partial charge in [-0.25, -0.2) is 9.69 Å². The molecule has 166 valence electrons. The Morgan fingerprint density at radius 2 is 1.91 bits per heavy atom. The Kier molecular flexibility index (Phi) is 5.84. The number of methoxy groups -OCH3 is 1. The number of imide groups is 1. The van der Waals surface area contributed by atoms with Gasteiger partial charge in [0.25, 0.3) is 5.91 Å². The number of hydrogen-bond acceptors (Lipinski definition) is 7. The molecule has 0 saturated carbocycles. The van der Waals surface area contributed by atoms with Crippen LogP contribution >= 0.6 is 0 Å². The molecular weight excluding hydrogens is 418 g/mol. The topological polar surface area (TPSA) is 115 Å². The lowest BCUT2D eigenvalue weighted by Gasteiger charge is -2.12. The molecule has 4 rings (SSSR count). The van der Waals surface area contributed by atoms with E-state index < -0.39 is 24.4 Å². The number of carbonyl (C=O) groups excluding carboxylic acids is 3. The maximum atomic E-state index is 12.8. The van der Waals surface area contributed by atoms with Crippen molar-refractivity contribution in [3.05, 3.63) is 47.7 Å². The molecule has 2 heterocycles. The molecule has 2 aromatic rings. The molecule has 0 atom stereocenters. The Hall–Kier alpha value is -4.21. The lowest BCUT2D eigenvalue weighted by molar-refractivity contribution is -0.127. The van der Waals surface area contributed by atoms with Crippen LogP contribution in [0.4, 0.5) is 10.5 Å². The van der Waals surface area contributed by atoms with Crippen molar-refractivity contribution in [2.75, 3.05) is 32.4 Å². The van der Waals surface area contributed by atoms with E-state index in [1.165, 1.54) is 13.2 Å². The van der Waals surface area contributed by atoms with Crippen LogP contribution in [0.5, 0.6) is 23.0 Å². The van der Waals surface area contributed by atoms with Gasteiger partial charge in [0.1, 0.15) is 23.7 Å². The zero-order valence-electron chi connectivity index (χ0n) is 17.5. The number of urea groups is 1. The van der Waals surface area contributed by atoms with E-state index >= 15 is 0 Å². The third-order valence-corrected chi connectivity index (χ3v) is 4.74. The summed E-state index contributed by atoms with van der Waals surface area (Å²) in [5.41, 5.74) is 1.07. The second-order valence-corrected chi connectivity index (χ2v) is 6.83. The zero-order valence-corrected chi connectivity index (χ0v) is 17.5. The fourth-order valence-corrected chi connectivity index (χ4v) is 3.22. The number of nitrogens with zero attached hydrogens (tertiary/aromatic N) is 1. The van der Waals surface area contributed by atoms with Crippen molar-refractivity contribution >= 4 is 29.6 Å². The lowest BCUT2D eigenvalue weighted by Crippen LogP contribution is -2.38. The molecule has 4 amide bonds. The molecule has 10 heteroatoms. The van der Waals surface area contributed by atoms with Crippen molar-refractivity contribution in [3.63, 3.8) is 0 Å². The van der Waals surface area contributed by atoms with Crippen LogP contribution in [0.2, 0.25) is 0 Å². The van der Waals surface area contributed by atoms with E-state index in [-0.39, 0.29) is 12.5 Å². The zero-order chi connectivity index (χ0) is 22.7. The van der Waals surface area contributed by atoms with E-state index in [4.69, 9.17) is 18.9 Å². The summed E-state index contributed by atoms with van der Waals surface area (Å²) in [6.45, 7) is 1.88. The van der Waals surface area contributed by atoms with Crippen molar-refractivity contribution in [2.24, 2.45) is 0 Å². The summed E-state index contributed by atoms with van der Waals surface area (Å²) in [6, 6.07) is 9.32. The Morgan fingerprint density at radius 1 is 1.19 bits per heavy atom. The fraction of sp³-hybridized carbons (Fsp3) is 0.227. The minimum Gasteiger partial charge on any atom is -0.497 e. The van der Waals surface area contributed by atoms with Crippen LogP contribution in [0, 0.1) is 0 Å².